The lowest BCUT2D eigenvalue weighted by atomic mass is 9.82. The molecule has 1 atom stereocenters. The third kappa shape index (κ3) is 4.19. The van der Waals surface area contributed by atoms with Gasteiger partial charge < -0.3 is 15.3 Å². The summed E-state index contributed by atoms with van der Waals surface area (Å²) in [6.07, 6.45) is 5.34. The molecule has 0 amide bonds. The van der Waals surface area contributed by atoms with Crippen LogP contribution in [-0.2, 0) is 4.79 Å². The topological polar surface area (TPSA) is 52.6 Å². The number of hydrogen-bond acceptors (Lipinski definition) is 3. The summed E-state index contributed by atoms with van der Waals surface area (Å²) in [6.45, 7) is 12.3. The molecule has 0 radical (unpaired) electrons. The Morgan fingerprint density at radius 1 is 1.35 bits per heavy atom. The van der Waals surface area contributed by atoms with Crippen LogP contribution in [-0.4, -0.2) is 47.7 Å². The van der Waals surface area contributed by atoms with Crippen LogP contribution in [0.3, 0.4) is 0 Å². The first-order chi connectivity index (χ1) is 9.41. The van der Waals surface area contributed by atoms with Gasteiger partial charge in [0.15, 0.2) is 0 Å². The zero-order valence-corrected chi connectivity index (χ0v) is 13.7. The van der Waals surface area contributed by atoms with Crippen molar-refractivity contribution in [1.29, 1.82) is 0 Å². The highest BCUT2D eigenvalue weighted by atomic mass is 16.4. The second-order valence-electron chi connectivity index (χ2n) is 6.55. The molecule has 1 heterocycles. The van der Waals surface area contributed by atoms with E-state index in [1.54, 1.807) is 0 Å². The second kappa shape index (κ2) is 7.41. The van der Waals surface area contributed by atoms with Gasteiger partial charge in [0.1, 0.15) is 5.54 Å². The summed E-state index contributed by atoms with van der Waals surface area (Å²) in [7, 11) is 0. The Bertz CT molecular complexity index is 316. The number of nitrogens with one attached hydrogen (secondary N) is 1. The van der Waals surface area contributed by atoms with Gasteiger partial charge in [-0.25, -0.2) is 0 Å². The van der Waals surface area contributed by atoms with Crippen molar-refractivity contribution in [1.82, 2.24) is 10.2 Å². The molecule has 0 aromatic carbocycles. The average molecular weight is 284 g/mol. The highest BCUT2D eigenvalue weighted by molar-refractivity contribution is 5.78. The minimum Gasteiger partial charge on any atom is -0.480 e. The van der Waals surface area contributed by atoms with Gasteiger partial charge in [0.25, 0.3) is 0 Å². The third-order valence-electron chi connectivity index (χ3n) is 5.18. The van der Waals surface area contributed by atoms with E-state index in [2.05, 4.69) is 31.0 Å². The Kier molecular flexibility index (Phi) is 6.46. The van der Waals surface area contributed by atoms with Crippen LogP contribution in [0, 0.1) is 5.41 Å². The predicted octanol–water partition coefficient (Wildman–Crippen LogP) is 2.73. The molecule has 0 spiro atoms. The van der Waals surface area contributed by atoms with Crippen LogP contribution in [0.5, 0.6) is 0 Å². The number of carboxylic acids is 1. The molecule has 4 nitrogen and oxygen atoms in total. The zero-order chi connectivity index (χ0) is 15.2. The Morgan fingerprint density at radius 2 is 2.00 bits per heavy atom. The van der Waals surface area contributed by atoms with Gasteiger partial charge in [-0.15, -0.1) is 0 Å². The van der Waals surface area contributed by atoms with Crippen molar-refractivity contribution in [3.8, 4) is 0 Å². The number of carboxylic acid groups (broad SMARTS) is 1. The molecule has 0 aliphatic carbocycles. The van der Waals surface area contributed by atoms with E-state index in [1.807, 2.05) is 6.92 Å². The highest BCUT2D eigenvalue weighted by Gasteiger charge is 2.37. The van der Waals surface area contributed by atoms with E-state index in [0.29, 0.717) is 11.8 Å². The SMILES string of the molecule is CCCNC(C)(CCN1CCC(CC)(CC)C1)C(=O)O. The number of hydrogen-bond donors (Lipinski definition) is 2. The van der Waals surface area contributed by atoms with Crippen molar-refractivity contribution in [2.24, 2.45) is 5.41 Å². The largest absolute Gasteiger partial charge is 0.480 e. The number of nitrogens with zero attached hydrogens (tertiary/aromatic N) is 1. The minimum absolute atomic E-state index is 0.469. The molecule has 1 fully saturated rings. The summed E-state index contributed by atoms with van der Waals surface area (Å²) in [5.74, 6) is -0.734. The molecule has 1 saturated heterocycles. The molecule has 1 aliphatic heterocycles. The van der Waals surface area contributed by atoms with Gasteiger partial charge >= 0.3 is 5.97 Å². The molecule has 1 rings (SSSR count). The smallest absolute Gasteiger partial charge is 0.323 e. The van der Waals surface area contributed by atoms with Crippen molar-refractivity contribution in [3.63, 3.8) is 0 Å². The van der Waals surface area contributed by atoms with Gasteiger partial charge in [-0.3, -0.25) is 4.79 Å². The molecule has 0 aromatic rings. The lowest BCUT2D eigenvalue weighted by Crippen LogP contribution is -2.51. The van der Waals surface area contributed by atoms with Gasteiger partial charge in [-0.2, -0.15) is 0 Å². The Morgan fingerprint density at radius 3 is 2.45 bits per heavy atom. The summed E-state index contributed by atoms with van der Waals surface area (Å²) in [5.41, 5.74) is -0.323. The first-order valence-corrected chi connectivity index (χ1v) is 8.12. The molecule has 118 valence electrons. The molecular formula is C16H32N2O2. The maximum Gasteiger partial charge on any atom is 0.323 e. The number of rotatable bonds is 9. The summed E-state index contributed by atoms with van der Waals surface area (Å²) in [6, 6.07) is 0. The number of aliphatic carboxylic acids is 1. The lowest BCUT2D eigenvalue weighted by molar-refractivity contribution is -0.144. The van der Waals surface area contributed by atoms with Crippen LogP contribution >= 0.6 is 0 Å². The molecule has 0 bridgehead atoms. The molecule has 0 saturated carbocycles. The average Bonchev–Trinajstić information content (AvgIpc) is 2.87. The maximum absolute atomic E-state index is 11.5. The van der Waals surface area contributed by atoms with Crippen LogP contribution in [0.4, 0.5) is 0 Å². The van der Waals surface area contributed by atoms with E-state index in [4.69, 9.17) is 0 Å². The van der Waals surface area contributed by atoms with Crippen LogP contribution in [0.25, 0.3) is 0 Å². The Hall–Kier alpha value is -0.610. The molecule has 20 heavy (non-hydrogen) atoms. The lowest BCUT2D eigenvalue weighted by Gasteiger charge is -2.30. The zero-order valence-electron chi connectivity index (χ0n) is 13.7. The van der Waals surface area contributed by atoms with Gasteiger partial charge in [0.05, 0.1) is 0 Å². The van der Waals surface area contributed by atoms with E-state index < -0.39 is 11.5 Å². The standard InChI is InChI=1S/C16H32N2O2/c1-5-10-17-15(4,14(19)20)8-11-18-12-9-16(6-2,7-3)13-18/h17H,5-13H2,1-4H3,(H,19,20). The predicted molar refractivity (Wildman–Crippen MR) is 83.0 cm³/mol. The Balaban J connectivity index is 2.51. The maximum atomic E-state index is 11.5. The van der Waals surface area contributed by atoms with Crippen molar-refractivity contribution < 1.29 is 9.90 Å². The van der Waals surface area contributed by atoms with Gasteiger partial charge in [0.2, 0.25) is 0 Å². The van der Waals surface area contributed by atoms with Crippen LogP contribution < -0.4 is 5.32 Å². The fraction of sp³-hybridized carbons (Fsp3) is 0.938. The van der Waals surface area contributed by atoms with Crippen molar-refractivity contribution in [3.05, 3.63) is 0 Å². The first kappa shape index (κ1) is 17.4. The third-order valence-corrected chi connectivity index (χ3v) is 5.18. The van der Waals surface area contributed by atoms with E-state index >= 15 is 0 Å². The Labute approximate surface area is 123 Å². The summed E-state index contributed by atoms with van der Waals surface area (Å²) >= 11 is 0. The molecule has 1 unspecified atom stereocenters. The monoisotopic (exact) mass is 284 g/mol. The molecule has 4 heteroatoms. The quantitative estimate of drug-likeness (QED) is 0.683. The molecule has 2 N–H and O–H groups in total. The first-order valence-electron chi connectivity index (χ1n) is 8.12. The normalized spacial score (nSPS) is 21.8. The summed E-state index contributed by atoms with van der Waals surface area (Å²) in [5, 5.41) is 12.6. The summed E-state index contributed by atoms with van der Waals surface area (Å²) in [4.78, 5) is 13.9. The van der Waals surface area contributed by atoms with E-state index in [0.717, 1.165) is 32.6 Å². The molecular weight excluding hydrogens is 252 g/mol. The van der Waals surface area contributed by atoms with Crippen molar-refractivity contribution in [2.75, 3.05) is 26.2 Å². The van der Waals surface area contributed by atoms with Crippen LogP contribution in [0.15, 0.2) is 0 Å². The van der Waals surface area contributed by atoms with Crippen LogP contribution in [0.2, 0.25) is 0 Å². The number of carbonyl (C=O) groups is 1. The second-order valence-corrected chi connectivity index (χ2v) is 6.55. The molecule has 0 aromatic heterocycles. The van der Waals surface area contributed by atoms with Crippen molar-refractivity contribution >= 4 is 5.97 Å². The molecule has 1 aliphatic rings. The fourth-order valence-electron chi connectivity index (χ4n) is 3.10. The van der Waals surface area contributed by atoms with E-state index in [-0.39, 0.29) is 0 Å². The number of likely N-dealkylation sites (tertiary alicyclic amines) is 1. The van der Waals surface area contributed by atoms with Gasteiger partial charge in [0, 0.05) is 13.1 Å². The fourth-order valence-corrected chi connectivity index (χ4v) is 3.10. The minimum atomic E-state index is -0.792. The highest BCUT2D eigenvalue weighted by Crippen LogP contribution is 2.37. The van der Waals surface area contributed by atoms with E-state index in [1.165, 1.54) is 19.3 Å². The van der Waals surface area contributed by atoms with Gasteiger partial charge in [-0.1, -0.05) is 20.8 Å². The van der Waals surface area contributed by atoms with Crippen LogP contribution in [0.1, 0.15) is 59.8 Å². The summed E-state index contributed by atoms with van der Waals surface area (Å²) < 4.78 is 0. The van der Waals surface area contributed by atoms with Gasteiger partial charge in [-0.05, 0) is 57.5 Å². The van der Waals surface area contributed by atoms with E-state index in [9.17, 15) is 9.90 Å². The van der Waals surface area contributed by atoms with Crippen molar-refractivity contribution in [2.45, 2.75) is 65.3 Å².